The molecule has 96 valence electrons. The van der Waals surface area contributed by atoms with E-state index >= 15 is 0 Å². The average Bonchev–Trinajstić information content (AvgIpc) is 2.85. The third-order valence-corrected chi connectivity index (χ3v) is 3.28. The predicted octanol–water partition coefficient (Wildman–Crippen LogP) is 2.77. The molecule has 1 aromatic carbocycles. The van der Waals surface area contributed by atoms with Crippen LogP contribution in [0.3, 0.4) is 0 Å². The van der Waals surface area contributed by atoms with E-state index in [-0.39, 0.29) is 0 Å². The molecule has 0 aliphatic heterocycles. The summed E-state index contributed by atoms with van der Waals surface area (Å²) >= 11 is 6.18. The van der Waals surface area contributed by atoms with Gasteiger partial charge in [-0.2, -0.15) is 0 Å². The molecule has 0 aliphatic rings. The van der Waals surface area contributed by atoms with Crippen LogP contribution < -0.4 is 5.32 Å². The average molecular weight is 266 g/mol. The Labute approximate surface area is 111 Å². The van der Waals surface area contributed by atoms with Gasteiger partial charge in [-0.3, -0.25) is 0 Å². The molecule has 0 saturated heterocycles. The molecule has 2 rings (SSSR count). The standard InChI is InChI=1S/C12H16ClN5/c1-8(2)9(3)15-12-6-10(4-5-11(12)13)18-7-14-16-17-18/h4-9,15H,1-3H3. The van der Waals surface area contributed by atoms with E-state index in [4.69, 9.17) is 11.6 Å². The molecule has 2 aromatic rings. The molecule has 0 spiro atoms. The summed E-state index contributed by atoms with van der Waals surface area (Å²) in [4.78, 5) is 0. The predicted molar refractivity (Wildman–Crippen MR) is 72.1 cm³/mol. The van der Waals surface area contributed by atoms with Crippen molar-refractivity contribution in [2.75, 3.05) is 5.32 Å². The number of nitrogens with one attached hydrogen (secondary N) is 1. The molecule has 1 N–H and O–H groups in total. The quantitative estimate of drug-likeness (QED) is 0.924. The minimum absolute atomic E-state index is 0.339. The van der Waals surface area contributed by atoms with E-state index in [2.05, 4.69) is 41.6 Å². The fourth-order valence-corrected chi connectivity index (χ4v) is 1.63. The zero-order chi connectivity index (χ0) is 13.1. The van der Waals surface area contributed by atoms with Crippen LogP contribution in [0.15, 0.2) is 24.5 Å². The van der Waals surface area contributed by atoms with Crippen molar-refractivity contribution in [2.45, 2.75) is 26.8 Å². The topological polar surface area (TPSA) is 55.6 Å². The molecule has 0 amide bonds. The highest BCUT2D eigenvalue weighted by Gasteiger charge is 2.10. The lowest BCUT2D eigenvalue weighted by Gasteiger charge is -2.20. The summed E-state index contributed by atoms with van der Waals surface area (Å²) in [6.07, 6.45) is 1.55. The smallest absolute Gasteiger partial charge is 0.143 e. The lowest BCUT2D eigenvalue weighted by molar-refractivity contribution is 0.560. The number of anilines is 1. The Morgan fingerprint density at radius 3 is 2.67 bits per heavy atom. The largest absolute Gasteiger partial charge is 0.381 e. The Bertz CT molecular complexity index is 509. The minimum Gasteiger partial charge on any atom is -0.381 e. The first-order valence-corrected chi connectivity index (χ1v) is 6.25. The maximum atomic E-state index is 6.18. The molecule has 1 atom stereocenters. The molecule has 0 fully saturated rings. The highest BCUT2D eigenvalue weighted by atomic mass is 35.5. The zero-order valence-electron chi connectivity index (χ0n) is 10.6. The fraction of sp³-hybridized carbons (Fsp3) is 0.417. The molecule has 5 nitrogen and oxygen atoms in total. The molecule has 6 heteroatoms. The third-order valence-electron chi connectivity index (χ3n) is 2.95. The molecule has 0 aliphatic carbocycles. The highest BCUT2D eigenvalue weighted by Crippen LogP contribution is 2.26. The van der Waals surface area contributed by atoms with Gasteiger partial charge in [0.1, 0.15) is 6.33 Å². The number of nitrogens with zero attached hydrogens (tertiary/aromatic N) is 4. The number of rotatable bonds is 4. The zero-order valence-corrected chi connectivity index (χ0v) is 11.4. The monoisotopic (exact) mass is 265 g/mol. The number of hydrogen-bond acceptors (Lipinski definition) is 4. The van der Waals surface area contributed by atoms with Crippen molar-refractivity contribution in [3.8, 4) is 5.69 Å². The van der Waals surface area contributed by atoms with Crippen LogP contribution in [0, 0.1) is 5.92 Å². The maximum absolute atomic E-state index is 6.18. The van der Waals surface area contributed by atoms with Crippen LogP contribution in [0.5, 0.6) is 0 Å². The number of benzene rings is 1. The van der Waals surface area contributed by atoms with Gasteiger partial charge in [-0.25, -0.2) is 4.68 Å². The van der Waals surface area contributed by atoms with Gasteiger partial charge < -0.3 is 5.32 Å². The molecule has 1 heterocycles. The van der Waals surface area contributed by atoms with E-state index in [0.717, 1.165) is 11.4 Å². The van der Waals surface area contributed by atoms with E-state index < -0.39 is 0 Å². The van der Waals surface area contributed by atoms with Crippen molar-refractivity contribution in [1.29, 1.82) is 0 Å². The molecular weight excluding hydrogens is 250 g/mol. The van der Waals surface area contributed by atoms with Crippen molar-refractivity contribution in [3.63, 3.8) is 0 Å². The van der Waals surface area contributed by atoms with Gasteiger partial charge >= 0.3 is 0 Å². The molecule has 0 saturated carbocycles. The fourth-order valence-electron chi connectivity index (χ4n) is 1.46. The van der Waals surface area contributed by atoms with Crippen molar-refractivity contribution in [2.24, 2.45) is 5.92 Å². The van der Waals surface area contributed by atoms with Crippen molar-refractivity contribution >= 4 is 17.3 Å². The van der Waals surface area contributed by atoms with Gasteiger partial charge in [-0.05, 0) is 41.5 Å². The molecule has 1 unspecified atom stereocenters. The Kier molecular flexibility index (Phi) is 3.81. The van der Waals surface area contributed by atoms with Crippen molar-refractivity contribution in [1.82, 2.24) is 20.2 Å². The summed E-state index contributed by atoms with van der Waals surface area (Å²) in [7, 11) is 0. The first-order chi connectivity index (χ1) is 8.58. The SMILES string of the molecule is CC(C)C(C)Nc1cc(-n2cnnn2)ccc1Cl. The first-order valence-electron chi connectivity index (χ1n) is 5.87. The van der Waals surface area contributed by atoms with Gasteiger partial charge in [0.05, 0.1) is 16.4 Å². The van der Waals surface area contributed by atoms with E-state index in [0.29, 0.717) is 17.0 Å². The Morgan fingerprint density at radius 1 is 1.28 bits per heavy atom. The Hall–Kier alpha value is -1.62. The second kappa shape index (κ2) is 5.35. The third kappa shape index (κ3) is 2.79. The highest BCUT2D eigenvalue weighted by molar-refractivity contribution is 6.33. The summed E-state index contributed by atoms with van der Waals surface area (Å²) in [6.45, 7) is 6.46. The van der Waals surface area contributed by atoms with Gasteiger partial charge in [-0.1, -0.05) is 25.4 Å². The van der Waals surface area contributed by atoms with Gasteiger partial charge in [0.2, 0.25) is 0 Å². The molecular formula is C12H16ClN5. The summed E-state index contributed by atoms with van der Waals surface area (Å²) in [6, 6.07) is 6.00. The summed E-state index contributed by atoms with van der Waals surface area (Å²) in [5.41, 5.74) is 1.77. The van der Waals surface area contributed by atoms with Crippen LogP contribution in [0.1, 0.15) is 20.8 Å². The molecule has 1 aromatic heterocycles. The van der Waals surface area contributed by atoms with Crippen LogP contribution in [-0.2, 0) is 0 Å². The van der Waals surface area contributed by atoms with Gasteiger partial charge in [0.25, 0.3) is 0 Å². The number of halogens is 1. The van der Waals surface area contributed by atoms with E-state index in [9.17, 15) is 0 Å². The van der Waals surface area contributed by atoms with E-state index in [1.807, 2.05) is 18.2 Å². The lowest BCUT2D eigenvalue weighted by Crippen LogP contribution is -2.21. The van der Waals surface area contributed by atoms with Gasteiger partial charge in [0, 0.05) is 6.04 Å². The van der Waals surface area contributed by atoms with Crippen molar-refractivity contribution < 1.29 is 0 Å². The van der Waals surface area contributed by atoms with Gasteiger partial charge in [0.15, 0.2) is 0 Å². The van der Waals surface area contributed by atoms with Crippen molar-refractivity contribution in [3.05, 3.63) is 29.5 Å². The number of aromatic nitrogens is 4. The lowest BCUT2D eigenvalue weighted by atomic mass is 10.1. The minimum atomic E-state index is 0.339. The summed E-state index contributed by atoms with van der Waals surface area (Å²) in [5, 5.41) is 15.2. The second-order valence-electron chi connectivity index (χ2n) is 4.60. The van der Waals surface area contributed by atoms with Gasteiger partial charge in [-0.15, -0.1) is 5.10 Å². The second-order valence-corrected chi connectivity index (χ2v) is 5.00. The molecule has 0 radical (unpaired) electrons. The van der Waals surface area contributed by atoms with Crippen LogP contribution in [-0.4, -0.2) is 26.2 Å². The first kappa shape index (κ1) is 12.8. The van der Waals surface area contributed by atoms with Crippen LogP contribution >= 0.6 is 11.6 Å². The van der Waals surface area contributed by atoms with Crippen LogP contribution in [0.2, 0.25) is 5.02 Å². The normalized spacial score (nSPS) is 12.7. The van der Waals surface area contributed by atoms with E-state index in [1.165, 1.54) is 0 Å². The van der Waals surface area contributed by atoms with Crippen LogP contribution in [0.4, 0.5) is 5.69 Å². The molecule has 18 heavy (non-hydrogen) atoms. The maximum Gasteiger partial charge on any atom is 0.143 e. The Balaban J connectivity index is 2.27. The summed E-state index contributed by atoms with van der Waals surface area (Å²) in [5.74, 6) is 0.526. The number of tetrazole rings is 1. The number of hydrogen-bond donors (Lipinski definition) is 1. The summed E-state index contributed by atoms with van der Waals surface area (Å²) < 4.78 is 1.60. The Morgan fingerprint density at radius 2 is 2.06 bits per heavy atom. The van der Waals surface area contributed by atoms with Crippen LogP contribution in [0.25, 0.3) is 5.69 Å². The molecule has 0 bridgehead atoms. The van der Waals surface area contributed by atoms with E-state index in [1.54, 1.807) is 11.0 Å².